The Hall–Kier alpha value is -2.18. The molecule has 1 unspecified atom stereocenters. The van der Waals surface area contributed by atoms with Gasteiger partial charge in [-0.25, -0.2) is 0 Å². The van der Waals surface area contributed by atoms with E-state index < -0.39 is 6.04 Å². The number of nitrogens with one attached hydrogen (secondary N) is 1. The Kier molecular flexibility index (Phi) is 11.5. The number of nitrogens with zero attached hydrogens (tertiary/aromatic N) is 1. The van der Waals surface area contributed by atoms with Crippen molar-refractivity contribution in [3.05, 3.63) is 99.0 Å². The molecular formula is C28H29Cl3N2O2S. The average molecular weight is 564 g/mol. The first-order chi connectivity index (χ1) is 17.4. The molecule has 8 heteroatoms. The van der Waals surface area contributed by atoms with Crippen LogP contribution in [0.15, 0.2) is 77.7 Å². The van der Waals surface area contributed by atoms with Gasteiger partial charge in [-0.2, -0.15) is 0 Å². The number of amides is 2. The summed E-state index contributed by atoms with van der Waals surface area (Å²) < 4.78 is 0. The Bertz CT molecular complexity index is 1140. The number of benzene rings is 3. The summed E-state index contributed by atoms with van der Waals surface area (Å²) in [5, 5.41) is 4.46. The fraction of sp³-hybridized carbons (Fsp3) is 0.286. The number of thioether (sulfide) groups is 1. The largest absolute Gasteiger partial charge is 0.355 e. The first-order valence-corrected chi connectivity index (χ1v) is 13.9. The zero-order valence-electron chi connectivity index (χ0n) is 20.1. The molecule has 36 heavy (non-hydrogen) atoms. The SMILES string of the molecule is CCNC(=O)C(Cc1ccccc1)N(Cc1ccc(Cl)c(Cl)c1)C(=O)CCCSc1ccc(Cl)cc1. The second-order valence-corrected chi connectivity index (χ2v) is 10.7. The van der Waals surface area contributed by atoms with Crippen LogP contribution in [0.4, 0.5) is 0 Å². The van der Waals surface area contributed by atoms with Crippen molar-refractivity contribution in [1.82, 2.24) is 10.2 Å². The molecule has 3 rings (SSSR count). The average Bonchev–Trinajstić information content (AvgIpc) is 2.87. The summed E-state index contributed by atoms with van der Waals surface area (Å²) in [4.78, 5) is 29.5. The van der Waals surface area contributed by atoms with Gasteiger partial charge in [-0.15, -0.1) is 11.8 Å². The summed E-state index contributed by atoms with van der Waals surface area (Å²) in [6, 6.07) is 22.0. The van der Waals surface area contributed by atoms with Crippen LogP contribution in [0.3, 0.4) is 0 Å². The summed E-state index contributed by atoms with van der Waals surface area (Å²) in [5.74, 6) is 0.522. The van der Waals surface area contributed by atoms with Gasteiger partial charge in [0.15, 0.2) is 0 Å². The van der Waals surface area contributed by atoms with Gasteiger partial charge < -0.3 is 10.2 Å². The molecule has 0 aliphatic carbocycles. The van der Waals surface area contributed by atoms with E-state index in [9.17, 15) is 9.59 Å². The Balaban J connectivity index is 1.78. The first-order valence-electron chi connectivity index (χ1n) is 11.8. The minimum atomic E-state index is -0.654. The number of rotatable bonds is 12. The minimum absolute atomic E-state index is 0.0787. The van der Waals surface area contributed by atoms with E-state index in [2.05, 4.69) is 5.32 Å². The minimum Gasteiger partial charge on any atom is -0.355 e. The highest BCUT2D eigenvalue weighted by molar-refractivity contribution is 7.99. The van der Waals surface area contributed by atoms with Gasteiger partial charge in [0, 0.05) is 35.8 Å². The lowest BCUT2D eigenvalue weighted by molar-refractivity contribution is -0.141. The van der Waals surface area contributed by atoms with Crippen LogP contribution >= 0.6 is 46.6 Å². The summed E-state index contributed by atoms with van der Waals surface area (Å²) in [7, 11) is 0. The zero-order valence-corrected chi connectivity index (χ0v) is 23.1. The van der Waals surface area contributed by atoms with E-state index in [1.54, 1.807) is 28.8 Å². The molecule has 0 saturated carbocycles. The molecule has 0 fully saturated rings. The van der Waals surface area contributed by atoms with Crippen LogP contribution < -0.4 is 5.32 Å². The van der Waals surface area contributed by atoms with Crippen molar-refractivity contribution in [2.45, 2.75) is 43.7 Å². The summed E-state index contributed by atoms with van der Waals surface area (Å²) in [5.41, 5.74) is 1.80. The number of likely N-dealkylation sites (N-methyl/N-ethyl adjacent to an activating group) is 1. The highest BCUT2D eigenvalue weighted by atomic mass is 35.5. The number of hydrogen-bond acceptors (Lipinski definition) is 3. The summed E-state index contributed by atoms with van der Waals surface area (Å²) >= 11 is 20.0. The molecule has 190 valence electrons. The lowest BCUT2D eigenvalue weighted by Crippen LogP contribution is -2.50. The van der Waals surface area contributed by atoms with Gasteiger partial charge in [-0.05, 0) is 66.6 Å². The van der Waals surface area contributed by atoms with Crippen LogP contribution in [-0.4, -0.2) is 35.1 Å². The predicted molar refractivity (Wildman–Crippen MR) is 151 cm³/mol. The van der Waals surface area contributed by atoms with Crippen molar-refractivity contribution in [3.63, 3.8) is 0 Å². The molecule has 3 aromatic carbocycles. The number of carbonyl (C=O) groups excluding carboxylic acids is 2. The van der Waals surface area contributed by atoms with Gasteiger partial charge in [0.1, 0.15) is 6.04 Å². The zero-order chi connectivity index (χ0) is 25.9. The van der Waals surface area contributed by atoms with E-state index in [1.807, 2.05) is 67.6 Å². The fourth-order valence-corrected chi connectivity index (χ4v) is 5.07. The van der Waals surface area contributed by atoms with Gasteiger partial charge in [-0.1, -0.05) is 71.2 Å². The molecule has 0 spiro atoms. The molecule has 1 N–H and O–H groups in total. The molecule has 0 saturated heterocycles. The molecular weight excluding hydrogens is 535 g/mol. The molecule has 3 aromatic rings. The summed E-state index contributed by atoms with van der Waals surface area (Å²) in [6.45, 7) is 2.61. The van der Waals surface area contributed by atoms with Crippen LogP contribution in [0, 0.1) is 0 Å². The van der Waals surface area contributed by atoms with Gasteiger partial charge in [0.25, 0.3) is 0 Å². The lowest BCUT2D eigenvalue weighted by atomic mass is 10.0. The Morgan fingerprint density at radius 3 is 2.31 bits per heavy atom. The van der Waals surface area contributed by atoms with Gasteiger partial charge in [0.2, 0.25) is 11.8 Å². The third kappa shape index (κ3) is 8.74. The van der Waals surface area contributed by atoms with Crippen molar-refractivity contribution in [2.75, 3.05) is 12.3 Å². The molecule has 0 bridgehead atoms. The standard InChI is InChI=1S/C28H29Cl3N2O2S/c1-2-32-28(35)26(18-20-7-4-3-5-8-20)33(19-21-10-15-24(30)25(31)17-21)27(34)9-6-16-36-23-13-11-22(29)12-14-23/h3-5,7-8,10-15,17,26H,2,6,9,16,18-19H2,1H3,(H,32,35). The Labute approximate surface area is 232 Å². The topological polar surface area (TPSA) is 49.4 Å². The van der Waals surface area contributed by atoms with Gasteiger partial charge in [0.05, 0.1) is 10.0 Å². The van der Waals surface area contributed by atoms with Crippen molar-refractivity contribution in [1.29, 1.82) is 0 Å². The van der Waals surface area contributed by atoms with Crippen LogP contribution in [0.5, 0.6) is 0 Å². The van der Waals surface area contributed by atoms with Crippen molar-refractivity contribution >= 4 is 58.4 Å². The molecule has 0 aromatic heterocycles. The summed E-state index contributed by atoms with van der Waals surface area (Å²) in [6.07, 6.45) is 1.42. The van der Waals surface area contributed by atoms with Crippen molar-refractivity contribution in [3.8, 4) is 0 Å². The normalized spacial score (nSPS) is 11.7. The highest BCUT2D eigenvalue weighted by Gasteiger charge is 2.30. The van der Waals surface area contributed by atoms with Crippen LogP contribution in [0.2, 0.25) is 15.1 Å². The maximum absolute atomic E-state index is 13.6. The molecule has 2 amide bonds. The molecule has 0 aliphatic heterocycles. The molecule has 0 radical (unpaired) electrons. The Morgan fingerprint density at radius 2 is 1.64 bits per heavy atom. The number of halogens is 3. The van der Waals surface area contributed by atoms with Crippen LogP contribution in [0.1, 0.15) is 30.9 Å². The lowest BCUT2D eigenvalue weighted by Gasteiger charge is -2.31. The molecule has 0 aliphatic rings. The van der Waals surface area contributed by atoms with Crippen LogP contribution in [-0.2, 0) is 22.6 Å². The number of hydrogen-bond donors (Lipinski definition) is 1. The van der Waals surface area contributed by atoms with E-state index in [-0.39, 0.29) is 18.4 Å². The second kappa shape index (κ2) is 14.5. The third-order valence-electron chi connectivity index (χ3n) is 5.58. The van der Waals surface area contributed by atoms with E-state index in [4.69, 9.17) is 34.8 Å². The third-order valence-corrected chi connectivity index (χ3v) is 7.67. The molecule has 1 atom stereocenters. The van der Waals surface area contributed by atoms with E-state index in [0.717, 1.165) is 21.8 Å². The second-order valence-electron chi connectivity index (χ2n) is 8.28. The first kappa shape index (κ1) is 28.4. The molecule has 4 nitrogen and oxygen atoms in total. The van der Waals surface area contributed by atoms with E-state index >= 15 is 0 Å². The molecule has 0 heterocycles. The van der Waals surface area contributed by atoms with Crippen molar-refractivity contribution < 1.29 is 9.59 Å². The fourth-order valence-electron chi connectivity index (χ4n) is 3.77. The highest BCUT2D eigenvalue weighted by Crippen LogP contribution is 2.25. The maximum Gasteiger partial charge on any atom is 0.243 e. The maximum atomic E-state index is 13.6. The van der Waals surface area contributed by atoms with Crippen LogP contribution in [0.25, 0.3) is 0 Å². The van der Waals surface area contributed by atoms with E-state index in [1.165, 1.54) is 0 Å². The van der Waals surface area contributed by atoms with Crippen molar-refractivity contribution in [2.24, 2.45) is 0 Å². The van der Waals surface area contributed by atoms with Gasteiger partial charge in [-0.3, -0.25) is 9.59 Å². The monoisotopic (exact) mass is 562 g/mol. The number of carbonyl (C=O) groups is 2. The smallest absolute Gasteiger partial charge is 0.243 e. The quantitative estimate of drug-likeness (QED) is 0.186. The Morgan fingerprint density at radius 1 is 0.917 bits per heavy atom. The van der Waals surface area contributed by atoms with E-state index in [0.29, 0.717) is 40.9 Å². The predicted octanol–water partition coefficient (Wildman–Crippen LogP) is 7.30. The van der Waals surface area contributed by atoms with Gasteiger partial charge >= 0.3 is 0 Å².